The lowest BCUT2D eigenvalue weighted by molar-refractivity contribution is 0.392. The molecule has 0 N–H and O–H groups in total. The van der Waals surface area contributed by atoms with Gasteiger partial charge in [-0.3, -0.25) is 4.79 Å². The van der Waals surface area contributed by atoms with Crippen LogP contribution in [0.3, 0.4) is 0 Å². The molecule has 0 saturated carbocycles. The van der Waals surface area contributed by atoms with Crippen molar-refractivity contribution < 1.29 is 4.52 Å². The van der Waals surface area contributed by atoms with Gasteiger partial charge in [0, 0.05) is 17.1 Å². The van der Waals surface area contributed by atoms with Crippen molar-refractivity contribution in [2.75, 3.05) is 0 Å². The highest BCUT2D eigenvalue weighted by Crippen LogP contribution is 2.13. The Labute approximate surface area is 84.8 Å². The van der Waals surface area contributed by atoms with Gasteiger partial charge in [-0.1, -0.05) is 16.5 Å². The summed E-state index contributed by atoms with van der Waals surface area (Å²) in [5, 5.41) is 5.62. The van der Waals surface area contributed by atoms with E-state index in [2.05, 4.69) is 5.16 Å². The second-order valence-corrected chi connectivity index (χ2v) is 3.96. The zero-order chi connectivity index (χ0) is 10.1. The lowest BCUT2D eigenvalue weighted by Gasteiger charge is -1.99. The molecule has 0 bridgehead atoms. The van der Waals surface area contributed by atoms with Gasteiger partial charge in [0.2, 0.25) is 0 Å². The summed E-state index contributed by atoms with van der Waals surface area (Å²) >= 11 is 1.19. The highest BCUT2D eigenvalue weighted by atomic mass is 32.1. The van der Waals surface area contributed by atoms with Crippen LogP contribution < -0.4 is 4.87 Å². The van der Waals surface area contributed by atoms with E-state index in [1.807, 2.05) is 13.8 Å². The van der Waals surface area contributed by atoms with Gasteiger partial charge in [-0.2, -0.15) is 0 Å². The summed E-state index contributed by atoms with van der Waals surface area (Å²) in [5.41, 5.74) is 1.84. The fourth-order valence-electron chi connectivity index (χ4n) is 1.31. The SMILES string of the molecule is Cc1noc(C)c1Cn1ccsc1=O. The van der Waals surface area contributed by atoms with Crippen LogP contribution in [0.15, 0.2) is 20.9 Å². The van der Waals surface area contributed by atoms with E-state index in [1.54, 1.807) is 16.1 Å². The number of rotatable bonds is 2. The molecule has 2 heterocycles. The molecule has 14 heavy (non-hydrogen) atoms. The summed E-state index contributed by atoms with van der Waals surface area (Å²) in [6.45, 7) is 4.28. The molecular weight excluding hydrogens is 200 g/mol. The third kappa shape index (κ3) is 1.50. The average molecular weight is 210 g/mol. The quantitative estimate of drug-likeness (QED) is 0.755. The molecule has 4 nitrogen and oxygen atoms in total. The number of hydrogen-bond donors (Lipinski definition) is 0. The van der Waals surface area contributed by atoms with Crippen molar-refractivity contribution in [2.24, 2.45) is 0 Å². The van der Waals surface area contributed by atoms with Gasteiger partial charge in [0.05, 0.1) is 12.2 Å². The monoisotopic (exact) mass is 210 g/mol. The minimum atomic E-state index is 0.0463. The van der Waals surface area contributed by atoms with Crippen LogP contribution in [0.25, 0.3) is 0 Å². The Morgan fingerprint density at radius 3 is 2.86 bits per heavy atom. The minimum absolute atomic E-state index is 0.0463. The van der Waals surface area contributed by atoms with Gasteiger partial charge in [0.1, 0.15) is 5.76 Å². The Balaban J connectivity index is 2.36. The van der Waals surface area contributed by atoms with E-state index < -0.39 is 0 Å². The summed E-state index contributed by atoms with van der Waals surface area (Å²) in [4.78, 5) is 11.3. The molecule has 0 aliphatic heterocycles. The van der Waals surface area contributed by atoms with Gasteiger partial charge in [-0.25, -0.2) is 0 Å². The number of nitrogens with zero attached hydrogens (tertiary/aromatic N) is 2. The zero-order valence-corrected chi connectivity index (χ0v) is 8.80. The molecule has 0 saturated heterocycles. The number of thiazole rings is 1. The molecule has 5 heteroatoms. The summed E-state index contributed by atoms with van der Waals surface area (Å²) in [6.07, 6.45) is 1.78. The van der Waals surface area contributed by atoms with Crippen LogP contribution >= 0.6 is 11.3 Å². The van der Waals surface area contributed by atoms with Gasteiger partial charge in [0.15, 0.2) is 0 Å². The normalized spacial score (nSPS) is 10.7. The maximum Gasteiger partial charge on any atom is 0.307 e. The van der Waals surface area contributed by atoms with Crippen molar-refractivity contribution >= 4 is 11.3 Å². The zero-order valence-electron chi connectivity index (χ0n) is 7.98. The van der Waals surface area contributed by atoms with Gasteiger partial charge in [-0.05, 0) is 13.8 Å². The van der Waals surface area contributed by atoms with Crippen molar-refractivity contribution in [1.29, 1.82) is 0 Å². The molecule has 0 fully saturated rings. The van der Waals surface area contributed by atoms with Gasteiger partial charge >= 0.3 is 4.87 Å². The molecule has 0 amide bonds. The van der Waals surface area contributed by atoms with Gasteiger partial charge in [-0.15, -0.1) is 0 Å². The molecule has 0 atom stereocenters. The Morgan fingerprint density at radius 1 is 1.57 bits per heavy atom. The molecule has 2 aromatic heterocycles. The van der Waals surface area contributed by atoms with Crippen LogP contribution in [0.1, 0.15) is 17.0 Å². The third-order valence-corrected chi connectivity index (χ3v) is 2.85. The molecule has 0 spiro atoms. The van der Waals surface area contributed by atoms with Crippen molar-refractivity contribution in [3.8, 4) is 0 Å². The average Bonchev–Trinajstić information content (AvgIpc) is 2.67. The predicted octanol–water partition coefficient (Wildman–Crippen LogP) is 1.56. The molecule has 0 aliphatic rings. The van der Waals surface area contributed by atoms with E-state index in [1.165, 1.54) is 11.3 Å². The van der Waals surface area contributed by atoms with Gasteiger partial charge < -0.3 is 9.09 Å². The van der Waals surface area contributed by atoms with Crippen LogP contribution in [0.4, 0.5) is 0 Å². The Kier molecular flexibility index (Phi) is 2.25. The number of aryl methyl sites for hydroxylation is 2. The summed E-state index contributed by atoms with van der Waals surface area (Å²) in [6, 6.07) is 0. The van der Waals surface area contributed by atoms with Crippen molar-refractivity contribution in [2.45, 2.75) is 20.4 Å². The van der Waals surface area contributed by atoms with E-state index in [-0.39, 0.29) is 4.87 Å². The number of hydrogen-bond acceptors (Lipinski definition) is 4. The first kappa shape index (κ1) is 9.21. The van der Waals surface area contributed by atoms with E-state index in [9.17, 15) is 4.79 Å². The van der Waals surface area contributed by atoms with E-state index in [0.717, 1.165) is 17.0 Å². The first-order chi connectivity index (χ1) is 6.68. The van der Waals surface area contributed by atoms with E-state index >= 15 is 0 Å². The molecular formula is C9H10N2O2S. The Hall–Kier alpha value is -1.36. The molecule has 2 aromatic rings. The smallest absolute Gasteiger partial charge is 0.307 e. The van der Waals surface area contributed by atoms with E-state index in [4.69, 9.17) is 4.52 Å². The lowest BCUT2D eigenvalue weighted by atomic mass is 10.2. The predicted molar refractivity (Wildman–Crippen MR) is 53.7 cm³/mol. The molecule has 2 rings (SSSR count). The van der Waals surface area contributed by atoms with Crippen molar-refractivity contribution in [3.05, 3.63) is 38.3 Å². The standard InChI is InChI=1S/C9H10N2O2S/c1-6-8(7(2)13-10-6)5-11-3-4-14-9(11)12/h3-4H,5H2,1-2H3. The maximum absolute atomic E-state index is 11.3. The van der Waals surface area contributed by atoms with Crippen molar-refractivity contribution in [1.82, 2.24) is 9.72 Å². The first-order valence-corrected chi connectivity index (χ1v) is 5.12. The highest BCUT2D eigenvalue weighted by molar-refractivity contribution is 7.07. The summed E-state index contributed by atoms with van der Waals surface area (Å²) in [7, 11) is 0. The number of aromatic nitrogens is 2. The second-order valence-electron chi connectivity index (χ2n) is 3.10. The van der Waals surface area contributed by atoms with Gasteiger partial charge in [0.25, 0.3) is 0 Å². The van der Waals surface area contributed by atoms with E-state index in [0.29, 0.717) is 6.54 Å². The fourth-order valence-corrected chi connectivity index (χ4v) is 1.89. The maximum atomic E-state index is 11.3. The summed E-state index contributed by atoms with van der Waals surface area (Å²) < 4.78 is 6.67. The minimum Gasteiger partial charge on any atom is -0.361 e. The highest BCUT2D eigenvalue weighted by Gasteiger charge is 2.09. The Morgan fingerprint density at radius 2 is 2.36 bits per heavy atom. The first-order valence-electron chi connectivity index (χ1n) is 4.24. The third-order valence-electron chi connectivity index (χ3n) is 2.15. The molecule has 0 unspecified atom stereocenters. The summed E-state index contributed by atoms with van der Waals surface area (Å²) in [5.74, 6) is 0.778. The second kappa shape index (κ2) is 3.42. The van der Waals surface area contributed by atoms with Crippen LogP contribution in [0.2, 0.25) is 0 Å². The Bertz CT molecular complexity index is 475. The lowest BCUT2D eigenvalue weighted by Crippen LogP contribution is -2.13. The van der Waals surface area contributed by atoms with Crippen LogP contribution in [0, 0.1) is 13.8 Å². The molecule has 74 valence electrons. The topological polar surface area (TPSA) is 48.0 Å². The van der Waals surface area contributed by atoms with Crippen molar-refractivity contribution in [3.63, 3.8) is 0 Å². The molecule has 0 aromatic carbocycles. The fraction of sp³-hybridized carbons (Fsp3) is 0.333. The van der Waals surface area contributed by atoms with Crippen LogP contribution in [-0.2, 0) is 6.54 Å². The molecule has 0 radical (unpaired) electrons. The molecule has 0 aliphatic carbocycles. The van der Waals surface area contributed by atoms with Crippen LogP contribution in [0.5, 0.6) is 0 Å². The van der Waals surface area contributed by atoms with Crippen LogP contribution in [-0.4, -0.2) is 9.72 Å². The largest absolute Gasteiger partial charge is 0.361 e.